The van der Waals surface area contributed by atoms with Crippen LogP contribution in [0.15, 0.2) is 30.3 Å². The Morgan fingerprint density at radius 3 is 2.13 bits per heavy atom. The first kappa shape index (κ1) is 25.4. The fourth-order valence-corrected chi connectivity index (χ4v) is 3.70. The average Bonchev–Trinajstić information content (AvgIpc) is 3.16. The van der Waals surface area contributed by atoms with Gasteiger partial charge in [-0.25, -0.2) is 9.59 Å². The van der Waals surface area contributed by atoms with Crippen LogP contribution in [0.1, 0.15) is 56.9 Å². The van der Waals surface area contributed by atoms with E-state index in [2.05, 4.69) is 13.3 Å². The van der Waals surface area contributed by atoms with Crippen LogP contribution in [0.25, 0.3) is 0 Å². The fourth-order valence-electron chi connectivity index (χ4n) is 3.70. The molecule has 0 bridgehead atoms. The molecule has 1 N–H and O–H groups in total. The summed E-state index contributed by atoms with van der Waals surface area (Å²) in [5.41, 5.74) is 0.915. The van der Waals surface area contributed by atoms with Crippen molar-refractivity contribution in [3.63, 3.8) is 0 Å². The molecule has 0 spiro atoms. The third-order valence-electron chi connectivity index (χ3n) is 5.25. The van der Waals surface area contributed by atoms with Crippen molar-refractivity contribution in [3.05, 3.63) is 35.9 Å². The van der Waals surface area contributed by atoms with Crippen LogP contribution in [0.4, 0.5) is 9.59 Å². The highest BCUT2D eigenvalue weighted by Gasteiger charge is 2.37. The smallest absolute Gasteiger partial charge is 0.429 e. The van der Waals surface area contributed by atoms with E-state index in [1.165, 1.54) is 0 Å². The Labute approximate surface area is 186 Å². The molecule has 8 heteroatoms. The number of hydrogen-bond donors (Lipinski definition) is 1. The second kappa shape index (κ2) is 14.3. The summed E-state index contributed by atoms with van der Waals surface area (Å²) in [6.45, 7) is 4.50. The van der Waals surface area contributed by atoms with E-state index in [1.807, 2.05) is 30.3 Å². The summed E-state index contributed by atoms with van der Waals surface area (Å²) < 4.78 is 19.9. The number of benzene rings is 1. The van der Waals surface area contributed by atoms with E-state index in [9.17, 15) is 14.7 Å². The Morgan fingerprint density at radius 2 is 1.55 bits per heavy atom. The number of fused-ring (bicyclic) bond motifs is 1. The van der Waals surface area contributed by atoms with Gasteiger partial charge >= 0.3 is 12.3 Å². The summed E-state index contributed by atoms with van der Waals surface area (Å²) >= 11 is 0. The molecule has 2 aliphatic carbocycles. The number of carbonyl (C=O) groups excluding carboxylic acids is 2. The van der Waals surface area contributed by atoms with Gasteiger partial charge in [-0.15, -0.1) is 8.58 Å². The quantitative estimate of drug-likeness (QED) is 0.506. The molecule has 0 radical (unpaired) electrons. The molecular formula is C23H35O7P. The number of ether oxygens (including phenoxy) is 4. The van der Waals surface area contributed by atoms with Crippen molar-refractivity contribution in [3.8, 4) is 0 Å². The van der Waals surface area contributed by atoms with Crippen LogP contribution in [0.3, 0.4) is 0 Å². The van der Waals surface area contributed by atoms with E-state index in [0.717, 1.165) is 52.7 Å². The van der Waals surface area contributed by atoms with Crippen LogP contribution in [-0.4, -0.2) is 55.2 Å². The number of aliphatic hydroxyl groups is 1. The van der Waals surface area contributed by atoms with E-state index in [4.69, 9.17) is 18.9 Å². The third-order valence-corrected chi connectivity index (χ3v) is 5.25. The van der Waals surface area contributed by atoms with Crippen molar-refractivity contribution in [2.75, 3.05) is 13.3 Å². The van der Waals surface area contributed by atoms with Gasteiger partial charge in [0.1, 0.15) is 24.9 Å². The Hall–Kier alpha value is -1.85. The van der Waals surface area contributed by atoms with Crippen molar-refractivity contribution < 1.29 is 33.6 Å². The van der Waals surface area contributed by atoms with Crippen molar-refractivity contribution in [2.45, 2.75) is 82.4 Å². The van der Waals surface area contributed by atoms with Crippen LogP contribution in [0.2, 0.25) is 0 Å². The molecule has 3 fully saturated rings. The predicted molar refractivity (Wildman–Crippen MR) is 120 cm³/mol. The lowest BCUT2D eigenvalue weighted by molar-refractivity contribution is -0.0510. The van der Waals surface area contributed by atoms with Gasteiger partial charge in [-0.2, -0.15) is 0 Å². The molecule has 7 nitrogen and oxygen atoms in total. The maximum Gasteiger partial charge on any atom is 0.509 e. The molecule has 1 aliphatic heterocycles. The Bertz CT molecular complexity index is 639. The number of carbonyl (C=O) groups is 2. The summed E-state index contributed by atoms with van der Waals surface area (Å²) in [6, 6.07) is 9.43. The second-order valence-electron chi connectivity index (χ2n) is 7.88. The minimum absolute atomic E-state index is 0.0706. The van der Waals surface area contributed by atoms with Gasteiger partial charge in [0.15, 0.2) is 0 Å². The molecule has 4 atom stereocenters. The van der Waals surface area contributed by atoms with Gasteiger partial charge < -0.3 is 24.1 Å². The Balaban J connectivity index is 0.000000219. The average molecular weight is 455 g/mol. The van der Waals surface area contributed by atoms with Crippen LogP contribution in [-0.2, 0) is 25.6 Å². The summed E-state index contributed by atoms with van der Waals surface area (Å²) in [7, 11) is 1.08. The molecule has 1 heterocycles. The van der Waals surface area contributed by atoms with Gasteiger partial charge in [-0.05, 0) is 63.8 Å². The largest absolute Gasteiger partial charge is 0.509 e. The number of rotatable bonds is 3. The van der Waals surface area contributed by atoms with Crippen molar-refractivity contribution in [2.24, 2.45) is 0 Å². The molecule has 1 aromatic rings. The van der Waals surface area contributed by atoms with Gasteiger partial charge in [-0.1, -0.05) is 36.8 Å². The van der Waals surface area contributed by atoms with E-state index < -0.39 is 24.5 Å². The molecule has 174 valence electrons. The first-order chi connectivity index (χ1) is 15.0. The molecule has 31 heavy (non-hydrogen) atoms. The lowest BCUT2D eigenvalue weighted by Gasteiger charge is -2.26. The topological polar surface area (TPSA) is 91.3 Å². The van der Waals surface area contributed by atoms with Crippen molar-refractivity contribution in [1.29, 1.82) is 0 Å². The Morgan fingerprint density at radius 1 is 1.00 bits per heavy atom. The van der Waals surface area contributed by atoms with Crippen LogP contribution >= 0.6 is 8.58 Å². The zero-order chi connectivity index (χ0) is 22.5. The van der Waals surface area contributed by atoms with Crippen molar-refractivity contribution >= 4 is 20.9 Å². The highest BCUT2D eigenvalue weighted by Crippen LogP contribution is 2.28. The molecule has 2 saturated carbocycles. The predicted octanol–water partition coefficient (Wildman–Crippen LogP) is 5.03. The SMILES string of the molecule is CPC.O=C(OCc1ccccc1)OC1CCCCC1O.O=C1OC2CCCCC2O1. The number of aliphatic hydroxyl groups excluding tert-OH is 1. The highest BCUT2D eigenvalue weighted by atomic mass is 31.1. The van der Waals surface area contributed by atoms with E-state index >= 15 is 0 Å². The van der Waals surface area contributed by atoms with Gasteiger partial charge in [0, 0.05) is 0 Å². The van der Waals surface area contributed by atoms with Crippen LogP contribution in [0, 0.1) is 0 Å². The molecule has 0 aromatic heterocycles. The summed E-state index contributed by atoms with van der Waals surface area (Å²) in [5.74, 6) is 0. The Kier molecular flexibility index (Phi) is 11.7. The zero-order valence-electron chi connectivity index (χ0n) is 18.5. The van der Waals surface area contributed by atoms with Crippen LogP contribution in [0.5, 0.6) is 0 Å². The zero-order valence-corrected chi connectivity index (χ0v) is 19.5. The molecule has 3 aliphatic rings. The summed E-state index contributed by atoms with van der Waals surface area (Å²) in [5, 5.41) is 9.67. The van der Waals surface area contributed by atoms with E-state index in [1.54, 1.807) is 0 Å². The van der Waals surface area contributed by atoms with E-state index in [-0.39, 0.29) is 18.8 Å². The summed E-state index contributed by atoms with van der Waals surface area (Å²) in [6.07, 6.45) is 5.66. The molecule has 0 amide bonds. The van der Waals surface area contributed by atoms with Gasteiger partial charge in [0.25, 0.3) is 0 Å². The lowest BCUT2D eigenvalue weighted by Crippen LogP contribution is -2.34. The monoisotopic (exact) mass is 454 g/mol. The van der Waals surface area contributed by atoms with Gasteiger partial charge in [0.2, 0.25) is 0 Å². The molecule has 4 unspecified atom stereocenters. The first-order valence-electron chi connectivity index (χ1n) is 11.0. The van der Waals surface area contributed by atoms with Crippen LogP contribution < -0.4 is 0 Å². The minimum atomic E-state index is -0.704. The summed E-state index contributed by atoms with van der Waals surface area (Å²) in [4.78, 5) is 22.0. The fraction of sp³-hybridized carbons (Fsp3) is 0.652. The molecular weight excluding hydrogens is 419 g/mol. The van der Waals surface area contributed by atoms with Crippen molar-refractivity contribution in [1.82, 2.24) is 0 Å². The standard InChI is InChI=1S/C14H18O4.C7H10O3.C2H7P/c15-12-8-4-5-9-13(12)18-14(16)17-10-11-6-2-1-3-7-11;8-7-9-5-3-1-2-4-6(5)10-7;1-3-2/h1-3,6-7,12-13,15H,4-5,8-10H2;5-6H,1-4H2;3H,1-2H3. The maximum atomic E-state index is 11.5. The maximum absolute atomic E-state index is 11.5. The van der Waals surface area contributed by atoms with E-state index in [0.29, 0.717) is 12.8 Å². The minimum Gasteiger partial charge on any atom is -0.429 e. The molecule has 1 saturated heterocycles. The van der Waals surface area contributed by atoms with Gasteiger partial charge in [0.05, 0.1) is 6.10 Å². The second-order valence-corrected chi connectivity index (χ2v) is 8.88. The molecule has 4 rings (SSSR count). The highest BCUT2D eigenvalue weighted by molar-refractivity contribution is 7.35. The lowest BCUT2D eigenvalue weighted by atomic mass is 9.95. The van der Waals surface area contributed by atoms with Gasteiger partial charge in [-0.3, -0.25) is 0 Å². The molecule has 1 aromatic carbocycles. The number of hydrogen-bond acceptors (Lipinski definition) is 7. The third kappa shape index (κ3) is 9.44. The first-order valence-corrected chi connectivity index (χ1v) is 13.0. The normalized spacial score (nSPS) is 26.5.